The Labute approximate surface area is 118 Å². The van der Waals surface area contributed by atoms with E-state index in [1.807, 2.05) is 0 Å². The second kappa shape index (κ2) is 7.89. The van der Waals surface area contributed by atoms with Gasteiger partial charge >= 0.3 is 0 Å². The third kappa shape index (κ3) is 4.63. The van der Waals surface area contributed by atoms with Crippen LogP contribution in [-0.4, -0.2) is 6.61 Å². The molecular weight excluding hydrogens is 232 g/mol. The Morgan fingerprint density at radius 3 is 2.53 bits per heavy atom. The van der Waals surface area contributed by atoms with Crippen LogP contribution < -0.4 is 4.74 Å². The summed E-state index contributed by atoms with van der Waals surface area (Å²) in [4.78, 5) is 0. The van der Waals surface area contributed by atoms with E-state index in [4.69, 9.17) is 4.74 Å². The fraction of sp³-hybridized carbons (Fsp3) is 0.556. The van der Waals surface area contributed by atoms with Gasteiger partial charge in [-0.2, -0.15) is 0 Å². The summed E-state index contributed by atoms with van der Waals surface area (Å²) in [7, 11) is 0. The van der Waals surface area contributed by atoms with Gasteiger partial charge in [-0.3, -0.25) is 0 Å². The highest BCUT2D eigenvalue weighted by atomic mass is 16.5. The maximum atomic E-state index is 5.67. The first-order valence-corrected chi connectivity index (χ1v) is 7.31. The zero-order valence-corrected chi connectivity index (χ0v) is 12.9. The minimum atomic E-state index is 0.390. The van der Waals surface area contributed by atoms with Crippen molar-refractivity contribution in [1.82, 2.24) is 0 Å². The monoisotopic (exact) mass is 258 g/mol. The van der Waals surface area contributed by atoms with Crippen LogP contribution in [0.1, 0.15) is 57.6 Å². The molecule has 0 saturated heterocycles. The van der Waals surface area contributed by atoms with Crippen LogP contribution in [0.15, 0.2) is 18.2 Å². The van der Waals surface area contributed by atoms with Crippen molar-refractivity contribution >= 4 is 0 Å². The van der Waals surface area contributed by atoms with Crippen LogP contribution in [0.3, 0.4) is 0 Å². The van der Waals surface area contributed by atoms with Gasteiger partial charge in [0.05, 0.1) is 6.61 Å². The minimum absolute atomic E-state index is 0.390. The van der Waals surface area contributed by atoms with Gasteiger partial charge < -0.3 is 4.74 Å². The fourth-order valence-corrected chi connectivity index (χ4v) is 2.13. The molecule has 0 radical (unpaired) electrons. The predicted octanol–water partition coefficient (Wildman–Crippen LogP) is 4.94. The Balaban J connectivity index is 2.83. The third-order valence-electron chi connectivity index (χ3n) is 3.46. The maximum Gasteiger partial charge on any atom is 0.119 e. The van der Waals surface area contributed by atoms with Crippen LogP contribution in [0.4, 0.5) is 0 Å². The summed E-state index contributed by atoms with van der Waals surface area (Å²) in [5, 5.41) is 0. The summed E-state index contributed by atoms with van der Waals surface area (Å²) in [6.07, 6.45) is 1.97. The Morgan fingerprint density at radius 1 is 1.21 bits per heavy atom. The molecule has 1 heteroatoms. The summed E-state index contributed by atoms with van der Waals surface area (Å²) >= 11 is 0. The van der Waals surface area contributed by atoms with Gasteiger partial charge in [0.1, 0.15) is 5.75 Å². The van der Waals surface area contributed by atoms with E-state index in [1.165, 1.54) is 11.1 Å². The molecule has 0 N–H and O–H groups in total. The second-order valence-corrected chi connectivity index (χ2v) is 5.12. The lowest BCUT2D eigenvalue weighted by atomic mass is 9.86. The Bertz CT molecular complexity index is 450. The summed E-state index contributed by atoms with van der Waals surface area (Å²) in [6, 6.07) is 6.41. The number of rotatable bonds is 5. The Morgan fingerprint density at radius 2 is 1.95 bits per heavy atom. The molecule has 0 aliphatic rings. The Hall–Kier alpha value is -1.42. The molecular formula is C18H26O. The van der Waals surface area contributed by atoms with Gasteiger partial charge in [-0.1, -0.05) is 39.7 Å². The van der Waals surface area contributed by atoms with Crippen molar-refractivity contribution in [2.75, 3.05) is 6.61 Å². The van der Waals surface area contributed by atoms with Crippen LogP contribution in [0.25, 0.3) is 0 Å². The minimum Gasteiger partial charge on any atom is -0.494 e. The molecule has 2 atom stereocenters. The van der Waals surface area contributed by atoms with Crippen LogP contribution in [-0.2, 0) is 0 Å². The van der Waals surface area contributed by atoms with Crippen LogP contribution >= 0.6 is 0 Å². The quantitative estimate of drug-likeness (QED) is 0.680. The SMILES string of the molecule is CCC#CC(C)C(C)c1ccc(OCCC)cc1C. The van der Waals surface area contributed by atoms with Crippen LogP contribution in [0.2, 0.25) is 0 Å². The van der Waals surface area contributed by atoms with Gasteiger partial charge in [-0.25, -0.2) is 0 Å². The summed E-state index contributed by atoms with van der Waals surface area (Å²) in [5.74, 6) is 8.33. The molecule has 0 amide bonds. The summed E-state index contributed by atoms with van der Waals surface area (Å²) < 4.78 is 5.67. The first-order valence-electron chi connectivity index (χ1n) is 7.31. The van der Waals surface area contributed by atoms with Crippen molar-refractivity contribution < 1.29 is 4.74 Å². The van der Waals surface area contributed by atoms with E-state index < -0.39 is 0 Å². The van der Waals surface area contributed by atoms with Gasteiger partial charge in [0.2, 0.25) is 0 Å². The molecule has 0 heterocycles. The molecule has 0 bridgehead atoms. The zero-order chi connectivity index (χ0) is 14.3. The highest BCUT2D eigenvalue weighted by Gasteiger charge is 2.14. The number of ether oxygens (including phenoxy) is 1. The van der Waals surface area contributed by atoms with Crippen LogP contribution in [0.5, 0.6) is 5.75 Å². The molecule has 0 aliphatic carbocycles. The smallest absolute Gasteiger partial charge is 0.119 e. The lowest BCUT2D eigenvalue weighted by Gasteiger charge is -2.18. The van der Waals surface area contributed by atoms with E-state index in [0.717, 1.165) is 25.2 Å². The molecule has 2 unspecified atom stereocenters. The Kier molecular flexibility index (Phi) is 6.50. The molecule has 1 rings (SSSR count). The van der Waals surface area contributed by atoms with E-state index in [2.05, 4.69) is 64.7 Å². The van der Waals surface area contributed by atoms with Gasteiger partial charge in [0, 0.05) is 12.3 Å². The van der Waals surface area contributed by atoms with Gasteiger partial charge in [0.15, 0.2) is 0 Å². The highest BCUT2D eigenvalue weighted by molar-refractivity contribution is 5.37. The molecule has 0 aromatic heterocycles. The van der Waals surface area contributed by atoms with Gasteiger partial charge in [0.25, 0.3) is 0 Å². The fourth-order valence-electron chi connectivity index (χ4n) is 2.13. The van der Waals surface area contributed by atoms with Gasteiger partial charge in [-0.05, 0) is 42.5 Å². The standard InChI is InChI=1S/C18H26O/c1-6-8-9-14(3)16(5)18-11-10-17(13-15(18)4)19-12-7-2/h10-11,13-14,16H,6-7,12H2,1-5H3. The van der Waals surface area contributed by atoms with E-state index in [-0.39, 0.29) is 0 Å². The second-order valence-electron chi connectivity index (χ2n) is 5.12. The number of aryl methyl sites for hydroxylation is 1. The summed E-state index contributed by atoms with van der Waals surface area (Å²) in [6.45, 7) is 11.6. The molecule has 0 spiro atoms. The molecule has 0 fully saturated rings. The molecule has 1 nitrogen and oxygen atoms in total. The number of benzene rings is 1. The number of hydrogen-bond acceptors (Lipinski definition) is 1. The lowest BCUT2D eigenvalue weighted by molar-refractivity contribution is 0.317. The maximum absolute atomic E-state index is 5.67. The molecule has 1 aromatic rings. The van der Waals surface area contributed by atoms with Crippen molar-refractivity contribution in [1.29, 1.82) is 0 Å². The van der Waals surface area contributed by atoms with Crippen molar-refractivity contribution in [3.8, 4) is 17.6 Å². The lowest BCUT2D eigenvalue weighted by Crippen LogP contribution is -2.06. The van der Waals surface area contributed by atoms with E-state index in [1.54, 1.807) is 0 Å². The van der Waals surface area contributed by atoms with Crippen molar-refractivity contribution in [3.05, 3.63) is 29.3 Å². The average Bonchev–Trinajstić information content (AvgIpc) is 2.41. The average molecular weight is 258 g/mol. The zero-order valence-electron chi connectivity index (χ0n) is 12.9. The molecule has 1 aromatic carbocycles. The van der Waals surface area contributed by atoms with E-state index in [0.29, 0.717) is 11.8 Å². The van der Waals surface area contributed by atoms with Gasteiger partial charge in [-0.15, -0.1) is 5.92 Å². The van der Waals surface area contributed by atoms with Crippen LogP contribution in [0, 0.1) is 24.7 Å². The van der Waals surface area contributed by atoms with E-state index >= 15 is 0 Å². The van der Waals surface area contributed by atoms with Crippen molar-refractivity contribution in [2.45, 2.75) is 53.4 Å². The predicted molar refractivity (Wildman–Crippen MR) is 82.6 cm³/mol. The molecule has 104 valence electrons. The first kappa shape index (κ1) is 15.6. The highest BCUT2D eigenvalue weighted by Crippen LogP contribution is 2.29. The third-order valence-corrected chi connectivity index (χ3v) is 3.46. The molecule has 0 aliphatic heterocycles. The molecule has 0 saturated carbocycles. The normalized spacial score (nSPS) is 13.3. The van der Waals surface area contributed by atoms with E-state index in [9.17, 15) is 0 Å². The van der Waals surface area contributed by atoms with Crippen molar-refractivity contribution in [3.63, 3.8) is 0 Å². The largest absolute Gasteiger partial charge is 0.494 e. The topological polar surface area (TPSA) is 9.23 Å². The molecule has 19 heavy (non-hydrogen) atoms. The number of hydrogen-bond donors (Lipinski definition) is 0. The first-order chi connectivity index (χ1) is 9.10. The van der Waals surface area contributed by atoms with Crippen molar-refractivity contribution in [2.24, 2.45) is 5.92 Å². The summed E-state index contributed by atoms with van der Waals surface area (Å²) in [5.41, 5.74) is 2.67.